The molecule has 6 nitrogen and oxygen atoms in total. The first-order chi connectivity index (χ1) is 23.1. The molecule has 1 fully saturated rings. The Hall–Kier alpha value is -5.36. The zero-order valence-corrected chi connectivity index (χ0v) is 28.4. The second-order valence-electron chi connectivity index (χ2n) is 13.4. The Labute approximate surface area is 282 Å². The molecular formula is C42H40N4O2. The number of aromatic nitrogens is 2. The number of carbonyl (C=O) groups is 2. The molecule has 2 amide bonds. The van der Waals surface area contributed by atoms with Crippen LogP contribution in [-0.4, -0.2) is 56.8 Å². The van der Waals surface area contributed by atoms with Crippen LogP contribution in [-0.2, 0) is 0 Å². The summed E-state index contributed by atoms with van der Waals surface area (Å²) in [7, 11) is 0. The van der Waals surface area contributed by atoms with Gasteiger partial charge in [-0.2, -0.15) is 0 Å². The summed E-state index contributed by atoms with van der Waals surface area (Å²) in [4.78, 5) is 42.7. The first-order valence-corrected chi connectivity index (χ1v) is 16.7. The van der Waals surface area contributed by atoms with Crippen LogP contribution in [0.3, 0.4) is 0 Å². The maximum atomic E-state index is 14.5. The fourth-order valence-electron chi connectivity index (χ4n) is 7.18. The molecule has 0 aliphatic carbocycles. The molecule has 1 aliphatic heterocycles. The van der Waals surface area contributed by atoms with E-state index in [1.54, 1.807) is 0 Å². The molecule has 0 spiro atoms. The third kappa shape index (κ3) is 5.62. The van der Waals surface area contributed by atoms with Crippen molar-refractivity contribution in [3.8, 4) is 22.5 Å². The Morgan fingerprint density at radius 1 is 0.562 bits per heavy atom. The molecule has 0 saturated carbocycles. The third-order valence-electron chi connectivity index (χ3n) is 9.72. The van der Waals surface area contributed by atoms with Gasteiger partial charge in [0.05, 0.1) is 33.5 Å². The topological polar surface area (TPSA) is 66.4 Å². The van der Waals surface area contributed by atoms with Gasteiger partial charge in [0, 0.05) is 47.1 Å². The summed E-state index contributed by atoms with van der Waals surface area (Å²) in [6, 6.07) is 31.8. The molecule has 4 aromatic carbocycles. The maximum Gasteiger partial charge on any atom is 0.254 e. The normalized spacial score (nSPS) is 16.5. The van der Waals surface area contributed by atoms with E-state index in [2.05, 4.69) is 64.1 Å². The van der Waals surface area contributed by atoms with E-state index >= 15 is 0 Å². The Morgan fingerprint density at radius 3 is 1.35 bits per heavy atom. The van der Waals surface area contributed by atoms with Crippen LogP contribution in [0.5, 0.6) is 0 Å². The van der Waals surface area contributed by atoms with Gasteiger partial charge in [-0.1, -0.05) is 83.9 Å². The number of hydrogen-bond donors (Lipinski definition) is 0. The number of amides is 2. The van der Waals surface area contributed by atoms with Gasteiger partial charge in [-0.15, -0.1) is 0 Å². The number of rotatable bonds is 4. The molecule has 2 unspecified atom stereocenters. The minimum atomic E-state index is -0.193. The lowest BCUT2D eigenvalue weighted by Gasteiger charge is -2.44. The van der Waals surface area contributed by atoms with E-state index in [9.17, 15) is 9.59 Å². The Balaban J connectivity index is 1.22. The lowest BCUT2D eigenvalue weighted by molar-refractivity contribution is 0.0272. The summed E-state index contributed by atoms with van der Waals surface area (Å²) < 4.78 is 0. The first-order valence-electron chi connectivity index (χ1n) is 16.7. The van der Waals surface area contributed by atoms with E-state index in [-0.39, 0.29) is 23.9 Å². The van der Waals surface area contributed by atoms with Gasteiger partial charge in [-0.25, -0.2) is 9.97 Å². The van der Waals surface area contributed by atoms with E-state index in [0.29, 0.717) is 24.2 Å². The van der Waals surface area contributed by atoms with Crippen LogP contribution in [0.15, 0.2) is 97.1 Å². The molecule has 0 bridgehead atoms. The number of pyridine rings is 2. The molecule has 0 N–H and O–H groups in total. The van der Waals surface area contributed by atoms with Gasteiger partial charge in [0.1, 0.15) is 0 Å². The van der Waals surface area contributed by atoms with E-state index in [4.69, 9.17) is 9.97 Å². The van der Waals surface area contributed by atoms with E-state index in [1.165, 1.54) is 11.1 Å². The Kier molecular flexibility index (Phi) is 8.04. The molecule has 48 heavy (non-hydrogen) atoms. The van der Waals surface area contributed by atoms with Crippen LogP contribution in [0.25, 0.3) is 44.3 Å². The molecule has 0 radical (unpaired) electrons. The van der Waals surface area contributed by atoms with E-state index < -0.39 is 0 Å². The van der Waals surface area contributed by atoms with Crippen molar-refractivity contribution in [3.63, 3.8) is 0 Å². The van der Waals surface area contributed by atoms with Crippen molar-refractivity contribution < 1.29 is 9.59 Å². The summed E-state index contributed by atoms with van der Waals surface area (Å²) in [5.41, 5.74) is 11.1. The third-order valence-corrected chi connectivity index (χ3v) is 9.72. The highest BCUT2D eigenvalue weighted by Gasteiger charge is 2.36. The number of benzene rings is 4. The van der Waals surface area contributed by atoms with Gasteiger partial charge in [-0.3, -0.25) is 9.59 Å². The molecule has 2 atom stereocenters. The molecule has 240 valence electrons. The lowest BCUT2D eigenvalue weighted by Crippen LogP contribution is -2.59. The standard InChI is InChI=1S/C42H40N4O2/c1-25-15-17-31(27(3)19-25)39-21-35(33-11-7-9-13-37(33)43-39)41(47)45-23-30(6)46(24-29(45)5)42(48)36-22-40(32-18-16-26(2)20-28(32)4)44-38-14-10-8-12-34(36)38/h7-22,29-30H,23-24H2,1-6H3. The van der Waals surface area contributed by atoms with Crippen molar-refractivity contribution in [3.05, 3.63) is 130 Å². The van der Waals surface area contributed by atoms with Crippen LogP contribution in [0.1, 0.15) is 56.8 Å². The second-order valence-corrected chi connectivity index (χ2v) is 13.4. The molecule has 6 aromatic rings. The van der Waals surface area contributed by atoms with Crippen molar-refractivity contribution in [1.29, 1.82) is 0 Å². The number of fused-ring (bicyclic) bond motifs is 2. The van der Waals surface area contributed by atoms with Crippen molar-refractivity contribution in [2.45, 2.75) is 53.6 Å². The van der Waals surface area contributed by atoms with Crippen LogP contribution in [0.2, 0.25) is 0 Å². The van der Waals surface area contributed by atoms with Gasteiger partial charge in [0.25, 0.3) is 11.8 Å². The molecular weight excluding hydrogens is 592 g/mol. The first kappa shape index (κ1) is 31.3. The highest BCUT2D eigenvalue weighted by molar-refractivity contribution is 6.09. The molecule has 1 aliphatic rings. The van der Waals surface area contributed by atoms with Crippen molar-refractivity contribution in [2.75, 3.05) is 13.1 Å². The minimum Gasteiger partial charge on any atom is -0.332 e. The zero-order chi connectivity index (χ0) is 33.7. The van der Waals surface area contributed by atoms with Gasteiger partial charge in [0.15, 0.2) is 0 Å². The number of carbonyl (C=O) groups excluding carboxylic acids is 2. The lowest BCUT2D eigenvalue weighted by atomic mass is 9.97. The number of nitrogens with zero attached hydrogens (tertiary/aromatic N) is 4. The predicted octanol–water partition coefficient (Wildman–Crippen LogP) is 8.73. The number of piperazine rings is 1. The summed E-state index contributed by atoms with van der Waals surface area (Å²) in [6.45, 7) is 13.2. The van der Waals surface area contributed by atoms with Crippen molar-refractivity contribution in [1.82, 2.24) is 19.8 Å². The van der Waals surface area contributed by atoms with Crippen LogP contribution in [0, 0.1) is 27.7 Å². The average Bonchev–Trinajstić information content (AvgIpc) is 3.07. The van der Waals surface area contributed by atoms with Crippen LogP contribution < -0.4 is 0 Å². The van der Waals surface area contributed by atoms with Crippen molar-refractivity contribution >= 4 is 33.6 Å². The second kappa shape index (κ2) is 12.3. The summed E-state index contributed by atoms with van der Waals surface area (Å²) in [6.07, 6.45) is 0. The predicted molar refractivity (Wildman–Crippen MR) is 194 cm³/mol. The molecule has 3 heterocycles. The van der Waals surface area contributed by atoms with E-state index in [1.807, 2.05) is 84.3 Å². The molecule has 2 aromatic heterocycles. The van der Waals surface area contributed by atoms with Crippen molar-refractivity contribution in [2.24, 2.45) is 0 Å². The Morgan fingerprint density at radius 2 is 0.958 bits per heavy atom. The highest BCUT2D eigenvalue weighted by atomic mass is 16.2. The summed E-state index contributed by atoms with van der Waals surface area (Å²) in [5.74, 6) is -0.0879. The summed E-state index contributed by atoms with van der Waals surface area (Å²) in [5, 5.41) is 1.66. The van der Waals surface area contributed by atoms with E-state index in [0.717, 1.165) is 55.4 Å². The van der Waals surface area contributed by atoms with Crippen LogP contribution >= 0.6 is 0 Å². The fourth-order valence-corrected chi connectivity index (χ4v) is 7.18. The SMILES string of the molecule is Cc1ccc(-c2cc(C(=O)N3CC(C)N(C(=O)c4cc(-c5ccc(C)cc5C)nc5ccccc45)CC3C)c3ccccc3n2)c(C)c1. The Bertz CT molecular complexity index is 2080. The molecule has 1 saturated heterocycles. The number of hydrogen-bond acceptors (Lipinski definition) is 4. The zero-order valence-electron chi connectivity index (χ0n) is 28.4. The number of aryl methyl sites for hydroxylation is 4. The van der Waals surface area contributed by atoms with Gasteiger partial charge < -0.3 is 9.80 Å². The van der Waals surface area contributed by atoms with Gasteiger partial charge in [0.2, 0.25) is 0 Å². The monoisotopic (exact) mass is 632 g/mol. The fraction of sp³-hybridized carbons (Fsp3) is 0.238. The van der Waals surface area contributed by atoms with Gasteiger partial charge in [-0.05, 0) is 76.9 Å². The number of para-hydroxylation sites is 2. The quantitative estimate of drug-likeness (QED) is 0.195. The van der Waals surface area contributed by atoms with Crippen LogP contribution in [0.4, 0.5) is 0 Å². The smallest absolute Gasteiger partial charge is 0.254 e. The largest absolute Gasteiger partial charge is 0.332 e. The highest BCUT2D eigenvalue weighted by Crippen LogP contribution is 2.32. The van der Waals surface area contributed by atoms with Gasteiger partial charge >= 0.3 is 0 Å². The molecule has 6 heteroatoms. The molecule has 7 rings (SSSR count). The summed E-state index contributed by atoms with van der Waals surface area (Å²) >= 11 is 0. The average molecular weight is 633 g/mol. The minimum absolute atomic E-state index is 0.0439. The maximum absolute atomic E-state index is 14.5.